The number of carbonyl (C=O) groups is 1. The summed E-state index contributed by atoms with van der Waals surface area (Å²) >= 11 is 0. The lowest BCUT2D eigenvalue weighted by atomic mass is 10.1. The third-order valence-electron chi connectivity index (χ3n) is 3.36. The van der Waals surface area contributed by atoms with E-state index in [1.807, 2.05) is 25.1 Å². The van der Waals surface area contributed by atoms with Gasteiger partial charge in [-0.3, -0.25) is 9.69 Å². The number of nitrogens with zero attached hydrogens (tertiary/aromatic N) is 1. The predicted octanol–water partition coefficient (Wildman–Crippen LogP) is 2.84. The fraction of sp³-hybridized carbons (Fsp3) is 0.438. The van der Waals surface area contributed by atoms with E-state index in [1.54, 1.807) is 6.08 Å². The van der Waals surface area contributed by atoms with E-state index in [0.29, 0.717) is 24.5 Å². The normalized spacial score (nSPS) is 15.4. The molecule has 3 nitrogen and oxygen atoms in total. The fourth-order valence-electron chi connectivity index (χ4n) is 2.37. The second kappa shape index (κ2) is 6.53. The van der Waals surface area contributed by atoms with Gasteiger partial charge in [0.25, 0.3) is 0 Å². The van der Waals surface area contributed by atoms with E-state index in [0.717, 1.165) is 18.7 Å². The Kier molecular flexibility index (Phi) is 4.74. The minimum absolute atomic E-state index is 0.143. The summed E-state index contributed by atoms with van der Waals surface area (Å²) in [4.78, 5) is 14.6. The van der Waals surface area contributed by atoms with Crippen LogP contribution < -0.4 is 4.74 Å². The van der Waals surface area contributed by atoms with Gasteiger partial charge in [-0.2, -0.15) is 0 Å². The fourth-order valence-corrected chi connectivity index (χ4v) is 2.37. The van der Waals surface area contributed by atoms with Gasteiger partial charge < -0.3 is 4.74 Å². The zero-order valence-electron chi connectivity index (χ0n) is 11.5. The van der Waals surface area contributed by atoms with E-state index in [9.17, 15) is 4.79 Å². The maximum absolute atomic E-state index is 12.4. The molecule has 1 saturated heterocycles. The van der Waals surface area contributed by atoms with E-state index in [2.05, 4.69) is 11.5 Å². The minimum Gasteiger partial charge on any atom is -0.489 e. The van der Waals surface area contributed by atoms with Crippen molar-refractivity contribution in [2.45, 2.75) is 19.8 Å². The van der Waals surface area contributed by atoms with Gasteiger partial charge in [0.15, 0.2) is 5.78 Å². The van der Waals surface area contributed by atoms with Crippen LogP contribution in [0.3, 0.4) is 0 Å². The van der Waals surface area contributed by atoms with Crippen LogP contribution in [0.25, 0.3) is 0 Å². The molecule has 0 aliphatic carbocycles. The van der Waals surface area contributed by atoms with E-state index in [1.165, 1.54) is 12.8 Å². The molecule has 19 heavy (non-hydrogen) atoms. The highest BCUT2D eigenvalue weighted by Crippen LogP contribution is 2.21. The topological polar surface area (TPSA) is 29.5 Å². The Morgan fingerprint density at radius 2 is 2.16 bits per heavy atom. The zero-order valence-corrected chi connectivity index (χ0v) is 11.5. The van der Waals surface area contributed by atoms with Gasteiger partial charge in [0, 0.05) is 0 Å². The number of hydrogen-bond acceptors (Lipinski definition) is 3. The summed E-state index contributed by atoms with van der Waals surface area (Å²) < 4.78 is 5.57. The number of aryl methyl sites for hydroxylation is 1. The van der Waals surface area contributed by atoms with Crippen LogP contribution in [0.1, 0.15) is 28.8 Å². The second-order valence-corrected chi connectivity index (χ2v) is 5.01. The molecule has 1 aliphatic heterocycles. The Morgan fingerprint density at radius 1 is 1.42 bits per heavy atom. The number of rotatable bonds is 6. The summed E-state index contributed by atoms with van der Waals surface area (Å²) in [5.74, 6) is 0.805. The molecule has 1 aromatic rings. The molecular formula is C16H21NO2. The molecule has 0 spiro atoms. The minimum atomic E-state index is 0.143. The van der Waals surface area contributed by atoms with Crippen LogP contribution in [-0.4, -0.2) is 36.9 Å². The van der Waals surface area contributed by atoms with Crippen molar-refractivity contribution in [3.63, 3.8) is 0 Å². The van der Waals surface area contributed by atoms with E-state index >= 15 is 0 Å². The summed E-state index contributed by atoms with van der Waals surface area (Å²) in [6, 6.07) is 5.75. The first-order valence-electron chi connectivity index (χ1n) is 6.80. The Bertz CT molecular complexity index is 462. The lowest BCUT2D eigenvalue weighted by molar-refractivity contribution is 0.0941. The summed E-state index contributed by atoms with van der Waals surface area (Å²) in [6.07, 6.45) is 4.08. The Hall–Kier alpha value is -1.61. The number of hydrogen-bond donors (Lipinski definition) is 0. The second-order valence-electron chi connectivity index (χ2n) is 5.01. The van der Waals surface area contributed by atoms with Crippen molar-refractivity contribution in [1.29, 1.82) is 0 Å². The highest BCUT2D eigenvalue weighted by Gasteiger charge is 2.19. The van der Waals surface area contributed by atoms with Crippen molar-refractivity contribution in [3.8, 4) is 5.75 Å². The molecule has 0 radical (unpaired) electrons. The number of ketones is 1. The van der Waals surface area contributed by atoms with Gasteiger partial charge in [-0.1, -0.05) is 24.3 Å². The van der Waals surface area contributed by atoms with Gasteiger partial charge in [0.2, 0.25) is 0 Å². The third kappa shape index (κ3) is 3.67. The first kappa shape index (κ1) is 13.8. The van der Waals surface area contributed by atoms with Crippen LogP contribution in [0.15, 0.2) is 30.9 Å². The molecule has 0 aromatic heterocycles. The number of Topliss-reactive ketones (excluding diaryl/α,β-unsaturated/α-hetero) is 1. The predicted molar refractivity (Wildman–Crippen MR) is 76.9 cm³/mol. The van der Waals surface area contributed by atoms with Gasteiger partial charge in [0.05, 0.1) is 12.1 Å². The van der Waals surface area contributed by atoms with Crippen molar-refractivity contribution in [2.75, 3.05) is 26.2 Å². The highest BCUT2D eigenvalue weighted by atomic mass is 16.5. The monoisotopic (exact) mass is 259 g/mol. The molecule has 1 aliphatic rings. The number of likely N-dealkylation sites (tertiary alicyclic amines) is 1. The average Bonchev–Trinajstić information content (AvgIpc) is 2.90. The molecule has 102 valence electrons. The smallest absolute Gasteiger partial charge is 0.180 e. The van der Waals surface area contributed by atoms with Crippen molar-refractivity contribution < 1.29 is 9.53 Å². The first-order valence-corrected chi connectivity index (χ1v) is 6.80. The van der Waals surface area contributed by atoms with Crippen molar-refractivity contribution in [1.82, 2.24) is 4.90 Å². The molecule has 0 N–H and O–H groups in total. The molecule has 0 unspecified atom stereocenters. The highest BCUT2D eigenvalue weighted by molar-refractivity contribution is 6.00. The molecule has 3 heteroatoms. The molecule has 0 amide bonds. The zero-order chi connectivity index (χ0) is 13.7. The quantitative estimate of drug-likeness (QED) is 0.581. The molecular weight excluding hydrogens is 238 g/mol. The van der Waals surface area contributed by atoms with Crippen LogP contribution in [0.5, 0.6) is 5.75 Å². The van der Waals surface area contributed by atoms with Crippen molar-refractivity contribution in [2.24, 2.45) is 0 Å². The molecule has 0 bridgehead atoms. The van der Waals surface area contributed by atoms with Gasteiger partial charge >= 0.3 is 0 Å². The van der Waals surface area contributed by atoms with Crippen LogP contribution in [0, 0.1) is 6.92 Å². The Labute approximate surface area is 114 Å². The van der Waals surface area contributed by atoms with Crippen LogP contribution in [-0.2, 0) is 0 Å². The van der Waals surface area contributed by atoms with Crippen LogP contribution >= 0.6 is 0 Å². The van der Waals surface area contributed by atoms with E-state index < -0.39 is 0 Å². The number of ether oxygens (including phenoxy) is 1. The van der Waals surface area contributed by atoms with Gasteiger partial charge in [0.1, 0.15) is 12.4 Å². The van der Waals surface area contributed by atoms with Crippen LogP contribution in [0.2, 0.25) is 0 Å². The third-order valence-corrected chi connectivity index (χ3v) is 3.36. The SMILES string of the molecule is C=CCOc1ccc(C)cc1C(=O)CN1CCCC1. The number of carbonyl (C=O) groups excluding carboxylic acids is 1. The molecule has 1 aromatic carbocycles. The van der Waals surface area contributed by atoms with Gasteiger partial charge in [-0.25, -0.2) is 0 Å². The van der Waals surface area contributed by atoms with Crippen LogP contribution in [0.4, 0.5) is 0 Å². The van der Waals surface area contributed by atoms with E-state index in [4.69, 9.17) is 4.74 Å². The number of benzene rings is 1. The molecule has 1 fully saturated rings. The van der Waals surface area contributed by atoms with Gasteiger partial charge in [-0.05, 0) is 45.0 Å². The lowest BCUT2D eigenvalue weighted by Gasteiger charge is -2.15. The first-order chi connectivity index (χ1) is 9.20. The summed E-state index contributed by atoms with van der Waals surface area (Å²) in [5, 5.41) is 0. The maximum Gasteiger partial charge on any atom is 0.180 e. The van der Waals surface area contributed by atoms with E-state index in [-0.39, 0.29) is 5.78 Å². The maximum atomic E-state index is 12.4. The van der Waals surface area contributed by atoms with Gasteiger partial charge in [-0.15, -0.1) is 0 Å². The summed E-state index contributed by atoms with van der Waals surface area (Å²) in [5.41, 5.74) is 1.77. The Balaban J connectivity index is 2.13. The largest absolute Gasteiger partial charge is 0.489 e. The van der Waals surface area contributed by atoms with Crippen molar-refractivity contribution in [3.05, 3.63) is 42.0 Å². The summed E-state index contributed by atoms with van der Waals surface area (Å²) in [7, 11) is 0. The standard InChI is InChI=1S/C16H21NO2/c1-3-10-19-16-7-6-13(2)11-14(16)15(18)12-17-8-4-5-9-17/h3,6-7,11H,1,4-5,8-10,12H2,2H3. The Morgan fingerprint density at radius 3 is 2.84 bits per heavy atom. The molecule has 1 heterocycles. The summed E-state index contributed by atoms with van der Waals surface area (Å²) in [6.45, 7) is 8.60. The molecule has 2 rings (SSSR count). The lowest BCUT2D eigenvalue weighted by Crippen LogP contribution is -2.27. The van der Waals surface area contributed by atoms with Crippen molar-refractivity contribution >= 4 is 5.78 Å². The molecule has 0 atom stereocenters. The average molecular weight is 259 g/mol. The molecule has 0 saturated carbocycles.